The molecular formula is C20H33N3O3S. The van der Waals surface area contributed by atoms with Crippen LogP contribution in [0.3, 0.4) is 0 Å². The largest absolute Gasteiger partial charge is 0.352 e. The molecule has 1 aliphatic rings. The Balaban J connectivity index is 1.89. The molecule has 0 aliphatic carbocycles. The highest BCUT2D eigenvalue weighted by Crippen LogP contribution is 2.18. The third kappa shape index (κ3) is 6.02. The van der Waals surface area contributed by atoms with Gasteiger partial charge in [0.2, 0.25) is 15.9 Å². The molecule has 0 radical (unpaired) electrons. The number of hydrogen-bond donors (Lipinski definition) is 1. The van der Waals surface area contributed by atoms with Gasteiger partial charge >= 0.3 is 0 Å². The molecule has 1 aromatic rings. The van der Waals surface area contributed by atoms with E-state index in [0.717, 1.165) is 31.2 Å². The average molecular weight is 396 g/mol. The second-order valence-corrected chi connectivity index (χ2v) is 9.09. The molecule has 1 heterocycles. The molecule has 0 atom stereocenters. The van der Waals surface area contributed by atoms with Gasteiger partial charge in [-0.25, -0.2) is 8.42 Å². The predicted octanol–water partition coefficient (Wildman–Crippen LogP) is 2.25. The molecule has 1 N–H and O–H groups in total. The first-order valence-corrected chi connectivity index (χ1v) is 11.5. The van der Waals surface area contributed by atoms with E-state index in [1.165, 1.54) is 4.31 Å². The number of sulfonamides is 1. The number of amides is 1. The smallest absolute Gasteiger partial charge is 0.243 e. The maximum absolute atomic E-state index is 12.8. The number of carbonyl (C=O) groups excluding carboxylic acids is 1. The molecule has 0 spiro atoms. The summed E-state index contributed by atoms with van der Waals surface area (Å²) >= 11 is 0. The zero-order valence-corrected chi connectivity index (χ0v) is 17.6. The molecule has 1 aromatic carbocycles. The van der Waals surface area contributed by atoms with Gasteiger partial charge in [0.15, 0.2) is 0 Å². The molecule has 152 valence electrons. The second kappa shape index (κ2) is 10.2. The van der Waals surface area contributed by atoms with Crippen LogP contribution in [-0.2, 0) is 21.2 Å². The van der Waals surface area contributed by atoms with Crippen molar-refractivity contribution in [3.8, 4) is 0 Å². The Labute approximate surface area is 164 Å². The number of nitrogens with one attached hydrogen (secondary N) is 1. The summed E-state index contributed by atoms with van der Waals surface area (Å²) in [4.78, 5) is 14.5. The standard InChI is InChI=1S/C20H33N3O3S/c1-4-7-17-8-10-19(11-9-17)27(25,26)23-14-12-22(13-15-23)16-20(24)21-18(5-2)6-3/h8-11,18H,4-7,12-16H2,1-3H3,(H,21,24). The molecule has 7 heteroatoms. The number of carbonyl (C=O) groups is 1. The van der Waals surface area contributed by atoms with E-state index in [1.54, 1.807) is 12.1 Å². The predicted molar refractivity (Wildman–Crippen MR) is 108 cm³/mol. The number of nitrogens with zero attached hydrogens (tertiary/aromatic N) is 2. The molecule has 1 saturated heterocycles. The number of hydrogen-bond acceptors (Lipinski definition) is 4. The van der Waals surface area contributed by atoms with Crippen LogP contribution in [0.5, 0.6) is 0 Å². The molecular weight excluding hydrogens is 362 g/mol. The van der Waals surface area contributed by atoms with Crippen LogP contribution >= 0.6 is 0 Å². The molecule has 0 saturated carbocycles. The lowest BCUT2D eigenvalue weighted by Crippen LogP contribution is -2.51. The molecule has 1 amide bonds. The van der Waals surface area contributed by atoms with E-state index >= 15 is 0 Å². The maximum atomic E-state index is 12.8. The highest BCUT2D eigenvalue weighted by molar-refractivity contribution is 7.89. The zero-order chi connectivity index (χ0) is 19.9. The first-order valence-electron chi connectivity index (χ1n) is 10.0. The fourth-order valence-corrected chi connectivity index (χ4v) is 4.79. The summed E-state index contributed by atoms with van der Waals surface area (Å²) in [5, 5.41) is 3.03. The molecule has 2 rings (SSSR count). The van der Waals surface area contributed by atoms with Gasteiger partial charge in [0.1, 0.15) is 0 Å². The molecule has 0 bridgehead atoms. The van der Waals surface area contributed by atoms with Crippen molar-refractivity contribution in [2.24, 2.45) is 0 Å². The lowest BCUT2D eigenvalue weighted by molar-refractivity contribution is -0.123. The van der Waals surface area contributed by atoms with Gasteiger partial charge in [-0.2, -0.15) is 4.31 Å². The Morgan fingerprint density at radius 3 is 2.15 bits per heavy atom. The fraction of sp³-hybridized carbons (Fsp3) is 0.650. The zero-order valence-electron chi connectivity index (χ0n) is 16.8. The van der Waals surface area contributed by atoms with Crippen LogP contribution in [0.4, 0.5) is 0 Å². The van der Waals surface area contributed by atoms with Crippen molar-refractivity contribution < 1.29 is 13.2 Å². The van der Waals surface area contributed by atoms with Crippen molar-refractivity contribution in [3.05, 3.63) is 29.8 Å². The maximum Gasteiger partial charge on any atom is 0.243 e. The third-order valence-electron chi connectivity index (χ3n) is 5.15. The van der Waals surface area contributed by atoms with Crippen molar-refractivity contribution in [1.82, 2.24) is 14.5 Å². The quantitative estimate of drug-likeness (QED) is 0.696. The normalized spacial score (nSPS) is 16.6. The van der Waals surface area contributed by atoms with E-state index in [4.69, 9.17) is 0 Å². The Hall–Kier alpha value is -1.44. The number of piperazine rings is 1. The Kier molecular flexibility index (Phi) is 8.26. The van der Waals surface area contributed by atoms with Crippen LogP contribution in [-0.4, -0.2) is 62.3 Å². The van der Waals surface area contributed by atoms with E-state index in [0.29, 0.717) is 37.6 Å². The summed E-state index contributed by atoms with van der Waals surface area (Å²) in [7, 11) is -3.47. The fourth-order valence-electron chi connectivity index (χ4n) is 3.36. The lowest BCUT2D eigenvalue weighted by Gasteiger charge is -2.33. The molecule has 0 unspecified atom stereocenters. The summed E-state index contributed by atoms with van der Waals surface area (Å²) < 4.78 is 27.2. The highest BCUT2D eigenvalue weighted by Gasteiger charge is 2.29. The summed E-state index contributed by atoms with van der Waals surface area (Å²) in [5.41, 5.74) is 1.16. The first-order chi connectivity index (χ1) is 12.9. The van der Waals surface area contributed by atoms with Crippen LogP contribution in [0.25, 0.3) is 0 Å². The minimum atomic E-state index is -3.47. The number of benzene rings is 1. The van der Waals surface area contributed by atoms with Gasteiger partial charge < -0.3 is 5.32 Å². The monoisotopic (exact) mass is 395 g/mol. The van der Waals surface area contributed by atoms with Crippen LogP contribution in [0, 0.1) is 0 Å². The van der Waals surface area contributed by atoms with Gasteiger partial charge in [-0.05, 0) is 37.0 Å². The van der Waals surface area contributed by atoms with Crippen LogP contribution in [0.15, 0.2) is 29.2 Å². The van der Waals surface area contributed by atoms with Crippen molar-refractivity contribution in [2.75, 3.05) is 32.7 Å². The minimum Gasteiger partial charge on any atom is -0.352 e. The summed E-state index contributed by atoms with van der Waals surface area (Å²) in [6.07, 6.45) is 3.84. The summed E-state index contributed by atoms with van der Waals surface area (Å²) in [6.45, 7) is 8.53. The Morgan fingerprint density at radius 1 is 1.04 bits per heavy atom. The number of aryl methyl sites for hydroxylation is 1. The van der Waals surface area contributed by atoms with Gasteiger partial charge in [0.25, 0.3) is 0 Å². The second-order valence-electron chi connectivity index (χ2n) is 7.16. The molecule has 6 nitrogen and oxygen atoms in total. The van der Waals surface area contributed by atoms with Crippen molar-refractivity contribution >= 4 is 15.9 Å². The van der Waals surface area contributed by atoms with Crippen LogP contribution in [0.1, 0.15) is 45.6 Å². The van der Waals surface area contributed by atoms with E-state index in [9.17, 15) is 13.2 Å². The van der Waals surface area contributed by atoms with Gasteiger partial charge in [0, 0.05) is 32.2 Å². The summed E-state index contributed by atoms with van der Waals surface area (Å²) in [6, 6.07) is 7.42. The Bertz CT molecular complexity index is 692. The van der Waals surface area contributed by atoms with E-state index < -0.39 is 10.0 Å². The van der Waals surface area contributed by atoms with Gasteiger partial charge in [-0.15, -0.1) is 0 Å². The summed E-state index contributed by atoms with van der Waals surface area (Å²) in [5.74, 6) is 0.0199. The van der Waals surface area contributed by atoms with E-state index in [2.05, 4.69) is 26.1 Å². The van der Waals surface area contributed by atoms with Crippen LogP contribution in [0.2, 0.25) is 0 Å². The SMILES string of the molecule is CCCc1ccc(S(=O)(=O)N2CCN(CC(=O)NC(CC)CC)CC2)cc1. The van der Waals surface area contributed by atoms with Crippen molar-refractivity contribution in [3.63, 3.8) is 0 Å². The topological polar surface area (TPSA) is 69.7 Å². The highest BCUT2D eigenvalue weighted by atomic mass is 32.2. The molecule has 1 aliphatic heterocycles. The molecule has 27 heavy (non-hydrogen) atoms. The van der Waals surface area contributed by atoms with Crippen molar-refractivity contribution in [1.29, 1.82) is 0 Å². The first kappa shape index (κ1) is 21.9. The van der Waals surface area contributed by atoms with E-state index in [1.807, 2.05) is 17.0 Å². The molecule has 0 aromatic heterocycles. The van der Waals surface area contributed by atoms with Gasteiger partial charge in [0.05, 0.1) is 11.4 Å². The van der Waals surface area contributed by atoms with Crippen molar-refractivity contribution in [2.45, 2.75) is 57.4 Å². The van der Waals surface area contributed by atoms with E-state index in [-0.39, 0.29) is 11.9 Å². The van der Waals surface area contributed by atoms with Gasteiger partial charge in [-0.1, -0.05) is 39.3 Å². The Morgan fingerprint density at radius 2 is 1.63 bits per heavy atom. The number of rotatable bonds is 9. The van der Waals surface area contributed by atoms with Gasteiger partial charge in [-0.3, -0.25) is 9.69 Å². The minimum absolute atomic E-state index is 0.0199. The average Bonchev–Trinajstić information content (AvgIpc) is 2.67. The molecule has 1 fully saturated rings. The lowest BCUT2D eigenvalue weighted by atomic mass is 10.1. The third-order valence-corrected chi connectivity index (χ3v) is 7.06. The van der Waals surface area contributed by atoms with Crippen LogP contribution < -0.4 is 5.32 Å².